The average Bonchev–Trinajstić information content (AvgIpc) is 2.39. The molecule has 0 radical (unpaired) electrons. The smallest absolute Gasteiger partial charge is 0.0583 e. The Labute approximate surface area is 104 Å². The molecule has 2 nitrogen and oxygen atoms in total. The third kappa shape index (κ3) is 2.36. The van der Waals surface area contributed by atoms with Crippen LogP contribution in [0.5, 0.6) is 0 Å². The number of benzene rings is 1. The van der Waals surface area contributed by atoms with Crippen LogP contribution >= 0.6 is 0 Å². The first-order valence-electron chi connectivity index (χ1n) is 6.25. The van der Waals surface area contributed by atoms with Crippen molar-refractivity contribution in [3.63, 3.8) is 0 Å². The summed E-state index contributed by atoms with van der Waals surface area (Å²) in [7, 11) is 0. The summed E-state index contributed by atoms with van der Waals surface area (Å²) < 4.78 is 0. The molecule has 1 aromatic rings. The zero-order chi connectivity index (χ0) is 12.1. The molecular weight excluding hydrogens is 208 g/mol. The molecule has 1 aliphatic carbocycles. The molecule has 0 fully saturated rings. The van der Waals surface area contributed by atoms with E-state index >= 15 is 0 Å². The topological polar surface area (TPSA) is 38.0 Å². The second-order valence-electron chi connectivity index (χ2n) is 4.58. The van der Waals surface area contributed by atoms with E-state index in [0.717, 1.165) is 6.42 Å². The van der Waals surface area contributed by atoms with Crippen LogP contribution in [-0.4, -0.2) is 13.1 Å². The summed E-state index contributed by atoms with van der Waals surface area (Å²) in [5.74, 6) is 5.99. The highest BCUT2D eigenvalue weighted by Gasteiger charge is 2.34. The highest BCUT2D eigenvalue weighted by molar-refractivity contribution is 5.36. The van der Waals surface area contributed by atoms with Crippen LogP contribution in [0.25, 0.3) is 0 Å². The van der Waals surface area contributed by atoms with Gasteiger partial charge in [0.1, 0.15) is 0 Å². The van der Waals surface area contributed by atoms with E-state index < -0.39 is 0 Å². The zero-order valence-corrected chi connectivity index (χ0v) is 10.4. The van der Waals surface area contributed by atoms with Gasteiger partial charge in [-0.15, -0.1) is 5.92 Å². The highest BCUT2D eigenvalue weighted by atomic mass is 15.0. The van der Waals surface area contributed by atoms with Crippen LogP contribution in [0.2, 0.25) is 0 Å². The van der Waals surface area contributed by atoms with E-state index in [4.69, 9.17) is 5.73 Å². The lowest BCUT2D eigenvalue weighted by Gasteiger charge is -2.39. The van der Waals surface area contributed by atoms with Crippen molar-refractivity contribution in [3.05, 3.63) is 35.4 Å². The molecule has 2 heteroatoms. The number of hydrogen-bond acceptors (Lipinski definition) is 2. The van der Waals surface area contributed by atoms with Gasteiger partial charge < -0.3 is 5.73 Å². The van der Waals surface area contributed by atoms with Crippen LogP contribution in [0.15, 0.2) is 24.3 Å². The maximum absolute atomic E-state index is 6.02. The lowest BCUT2D eigenvalue weighted by molar-refractivity contribution is 0.306. The average molecular weight is 228 g/mol. The molecule has 0 spiro atoms. The predicted octanol–water partition coefficient (Wildman–Crippen LogP) is 1.79. The van der Waals surface area contributed by atoms with E-state index in [1.54, 1.807) is 0 Å². The zero-order valence-electron chi connectivity index (χ0n) is 10.4. The normalized spacial score (nSPS) is 22.5. The van der Waals surface area contributed by atoms with Crippen LogP contribution < -0.4 is 11.1 Å². The lowest BCUT2D eigenvalue weighted by Crippen LogP contribution is -2.50. The van der Waals surface area contributed by atoms with E-state index in [1.807, 2.05) is 6.92 Å². The largest absolute Gasteiger partial charge is 0.328 e. The summed E-state index contributed by atoms with van der Waals surface area (Å²) in [6.07, 6.45) is 3.46. The third-order valence-corrected chi connectivity index (χ3v) is 3.62. The van der Waals surface area contributed by atoms with Crippen molar-refractivity contribution in [2.45, 2.75) is 31.7 Å². The van der Waals surface area contributed by atoms with Crippen LogP contribution in [0.4, 0.5) is 0 Å². The molecule has 2 rings (SSSR count). The number of rotatable bonds is 3. The van der Waals surface area contributed by atoms with E-state index in [9.17, 15) is 0 Å². The van der Waals surface area contributed by atoms with Gasteiger partial charge in [0.05, 0.1) is 12.1 Å². The Kier molecular flexibility index (Phi) is 3.83. The van der Waals surface area contributed by atoms with Gasteiger partial charge in [-0.3, -0.25) is 5.32 Å². The van der Waals surface area contributed by atoms with Crippen LogP contribution in [0.3, 0.4) is 0 Å². The molecule has 1 unspecified atom stereocenters. The van der Waals surface area contributed by atoms with Gasteiger partial charge in [0.25, 0.3) is 0 Å². The Bertz CT molecular complexity index is 442. The lowest BCUT2D eigenvalue weighted by atomic mass is 9.76. The summed E-state index contributed by atoms with van der Waals surface area (Å²) in [6, 6.07) is 8.62. The fourth-order valence-electron chi connectivity index (χ4n) is 2.69. The molecule has 0 saturated carbocycles. The molecule has 3 N–H and O–H groups in total. The molecular formula is C15H20N2. The quantitative estimate of drug-likeness (QED) is 0.774. The Hall–Kier alpha value is -1.30. The molecule has 1 aliphatic rings. The van der Waals surface area contributed by atoms with Gasteiger partial charge in [-0.05, 0) is 37.3 Å². The minimum absolute atomic E-state index is 0.0707. The van der Waals surface area contributed by atoms with Crippen molar-refractivity contribution in [2.75, 3.05) is 13.1 Å². The molecule has 0 amide bonds. The maximum Gasteiger partial charge on any atom is 0.0583 e. The van der Waals surface area contributed by atoms with Crippen molar-refractivity contribution >= 4 is 0 Å². The summed E-state index contributed by atoms with van der Waals surface area (Å²) in [5, 5.41) is 3.54. The van der Waals surface area contributed by atoms with Gasteiger partial charge >= 0.3 is 0 Å². The van der Waals surface area contributed by atoms with E-state index in [-0.39, 0.29) is 5.54 Å². The fourth-order valence-corrected chi connectivity index (χ4v) is 2.69. The Morgan fingerprint density at radius 1 is 1.41 bits per heavy atom. The van der Waals surface area contributed by atoms with Crippen LogP contribution in [0.1, 0.15) is 30.9 Å². The van der Waals surface area contributed by atoms with Gasteiger partial charge in [-0.2, -0.15) is 0 Å². The second kappa shape index (κ2) is 5.35. The van der Waals surface area contributed by atoms with E-state index in [0.29, 0.717) is 13.1 Å². The summed E-state index contributed by atoms with van der Waals surface area (Å²) in [6.45, 7) is 3.21. The summed E-state index contributed by atoms with van der Waals surface area (Å²) in [4.78, 5) is 0. The van der Waals surface area contributed by atoms with Gasteiger partial charge in [0.2, 0.25) is 0 Å². The first-order valence-corrected chi connectivity index (χ1v) is 6.25. The Morgan fingerprint density at radius 2 is 2.24 bits per heavy atom. The standard InChI is InChI=1S/C15H20N2/c1-2-3-11-17-15(12-16)10-6-8-13-7-4-5-9-14(13)15/h4-5,7,9,17H,6,8,10-12,16H2,1H3. The summed E-state index contributed by atoms with van der Waals surface area (Å²) in [5.41, 5.74) is 8.75. The van der Waals surface area contributed by atoms with Gasteiger partial charge in [-0.25, -0.2) is 0 Å². The molecule has 0 saturated heterocycles. The predicted molar refractivity (Wildman–Crippen MR) is 71.6 cm³/mol. The molecule has 1 aromatic carbocycles. The SMILES string of the molecule is CC#CCNC1(CN)CCCc2ccccc21. The van der Waals surface area contributed by atoms with Gasteiger partial charge in [-0.1, -0.05) is 30.2 Å². The Balaban J connectivity index is 2.30. The number of fused-ring (bicyclic) bond motifs is 1. The van der Waals surface area contributed by atoms with Crippen molar-refractivity contribution < 1.29 is 0 Å². The maximum atomic E-state index is 6.02. The van der Waals surface area contributed by atoms with E-state index in [1.165, 1.54) is 24.0 Å². The molecule has 0 aromatic heterocycles. The second-order valence-corrected chi connectivity index (χ2v) is 4.58. The number of hydrogen-bond donors (Lipinski definition) is 2. The first kappa shape index (κ1) is 12.2. The fraction of sp³-hybridized carbons (Fsp3) is 0.467. The number of nitrogens with two attached hydrogens (primary N) is 1. The minimum atomic E-state index is -0.0707. The molecule has 0 heterocycles. The minimum Gasteiger partial charge on any atom is -0.328 e. The van der Waals surface area contributed by atoms with Crippen molar-refractivity contribution in [1.82, 2.24) is 5.32 Å². The number of aryl methyl sites for hydroxylation is 1. The van der Waals surface area contributed by atoms with Crippen molar-refractivity contribution in [3.8, 4) is 11.8 Å². The first-order chi connectivity index (χ1) is 8.32. The van der Waals surface area contributed by atoms with Crippen molar-refractivity contribution in [1.29, 1.82) is 0 Å². The van der Waals surface area contributed by atoms with Crippen LogP contribution in [-0.2, 0) is 12.0 Å². The van der Waals surface area contributed by atoms with Crippen LogP contribution in [0, 0.1) is 11.8 Å². The summed E-state index contributed by atoms with van der Waals surface area (Å²) >= 11 is 0. The highest BCUT2D eigenvalue weighted by Crippen LogP contribution is 2.34. The molecule has 0 aliphatic heterocycles. The van der Waals surface area contributed by atoms with E-state index in [2.05, 4.69) is 41.4 Å². The molecule has 17 heavy (non-hydrogen) atoms. The Morgan fingerprint density at radius 3 is 3.00 bits per heavy atom. The monoisotopic (exact) mass is 228 g/mol. The molecule has 90 valence electrons. The molecule has 1 atom stereocenters. The van der Waals surface area contributed by atoms with Crippen molar-refractivity contribution in [2.24, 2.45) is 5.73 Å². The molecule has 0 bridgehead atoms. The third-order valence-electron chi connectivity index (χ3n) is 3.62. The number of nitrogens with one attached hydrogen (secondary N) is 1. The van der Waals surface area contributed by atoms with Gasteiger partial charge in [0.15, 0.2) is 0 Å². The van der Waals surface area contributed by atoms with Gasteiger partial charge in [0, 0.05) is 6.54 Å².